The number of amides is 1. The van der Waals surface area contributed by atoms with Crippen LogP contribution < -0.4 is 5.32 Å². The van der Waals surface area contributed by atoms with E-state index in [1.165, 1.54) is 18.2 Å². The highest BCUT2D eigenvalue weighted by atomic mass is 16.5. The lowest BCUT2D eigenvalue weighted by Crippen LogP contribution is -2.17. The Balaban J connectivity index is 2.04. The summed E-state index contributed by atoms with van der Waals surface area (Å²) >= 11 is 0. The van der Waals surface area contributed by atoms with Crippen LogP contribution in [0.2, 0.25) is 0 Å². The van der Waals surface area contributed by atoms with E-state index in [0.29, 0.717) is 0 Å². The number of carbonyl (C=O) groups is 2. The number of aromatic hydroxyl groups is 1. The molecule has 2 rings (SSSR count). The van der Waals surface area contributed by atoms with Gasteiger partial charge in [-0.2, -0.15) is 0 Å². The number of ether oxygens (including phenoxy) is 2. The van der Waals surface area contributed by atoms with Gasteiger partial charge < -0.3 is 14.6 Å². The summed E-state index contributed by atoms with van der Waals surface area (Å²) in [4.78, 5) is 23.7. The van der Waals surface area contributed by atoms with Gasteiger partial charge in [0, 0.05) is 6.07 Å². The van der Waals surface area contributed by atoms with E-state index in [4.69, 9.17) is 9.47 Å². The number of esters is 1. The summed E-state index contributed by atoms with van der Waals surface area (Å²) in [6.45, 7) is 1.98. The van der Waals surface area contributed by atoms with Gasteiger partial charge in [-0.3, -0.25) is 5.32 Å². The molecule has 2 aromatic rings. The summed E-state index contributed by atoms with van der Waals surface area (Å²) in [5.74, 6) is -0.678. The molecule has 0 unspecified atom stereocenters. The first-order chi connectivity index (χ1) is 11.1. The molecular weight excluding hydrogens is 298 g/mol. The maximum absolute atomic E-state index is 11.9. The molecule has 23 heavy (non-hydrogen) atoms. The Labute approximate surface area is 133 Å². The van der Waals surface area contributed by atoms with Gasteiger partial charge in [-0.05, 0) is 24.6 Å². The van der Waals surface area contributed by atoms with Gasteiger partial charge in [0.25, 0.3) is 0 Å². The molecular formula is C17H17NO5. The minimum Gasteiger partial charge on any atom is -0.508 e. The van der Waals surface area contributed by atoms with Crippen LogP contribution in [0.25, 0.3) is 0 Å². The fourth-order valence-corrected chi connectivity index (χ4v) is 1.89. The number of phenolic OH excluding ortho intramolecular Hbond substituents is 1. The van der Waals surface area contributed by atoms with Crippen LogP contribution in [-0.2, 0) is 16.1 Å². The Morgan fingerprint density at radius 2 is 1.83 bits per heavy atom. The molecule has 0 aliphatic rings. The number of nitrogens with one attached hydrogen (secondary N) is 1. The van der Waals surface area contributed by atoms with Crippen LogP contribution in [0.5, 0.6) is 5.75 Å². The van der Waals surface area contributed by atoms with E-state index in [0.717, 1.165) is 5.56 Å². The first-order valence-electron chi connectivity index (χ1n) is 7.08. The molecule has 0 aliphatic carbocycles. The highest BCUT2D eigenvalue weighted by Gasteiger charge is 2.16. The zero-order chi connectivity index (χ0) is 16.7. The maximum Gasteiger partial charge on any atom is 0.411 e. The normalized spacial score (nSPS) is 9.96. The molecule has 0 fully saturated rings. The summed E-state index contributed by atoms with van der Waals surface area (Å²) in [6.07, 6.45) is -0.731. The van der Waals surface area contributed by atoms with Gasteiger partial charge in [0.2, 0.25) is 0 Å². The fraction of sp³-hybridized carbons (Fsp3) is 0.176. The van der Waals surface area contributed by atoms with Crippen LogP contribution in [0.1, 0.15) is 22.8 Å². The summed E-state index contributed by atoms with van der Waals surface area (Å²) in [7, 11) is 0. The zero-order valence-electron chi connectivity index (χ0n) is 12.6. The van der Waals surface area contributed by atoms with Gasteiger partial charge in [0.05, 0.1) is 17.9 Å². The Morgan fingerprint density at radius 3 is 2.52 bits per heavy atom. The van der Waals surface area contributed by atoms with Crippen LogP contribution in [0.4, 0.5) is 10.5 Å². The van der Waals surface area contributed by atoms with E-state index in [9.17, 15) is 14.7 Å². The largest absolute Gasteiger partial charge is 0.508 e. The fourth-order valence-electron chi connectivity index (χ4n) is 1.89. The average molecular weight is 315 g/mol. The first kappa shape index (κ1) is 16.4. The van der Waals surface area contributed by atoms with Crippen molar-refractivity contribution in [1.29, 1.82) is 0 Å². The molecule has 120 valence electrons. The van der Waals surface area contributed by atoms with Crippen molar-refractivity contribution >= 4 is 17.7 Å². The van der Waals surface area contributed by atoms with Crippen LogP contribution in [0.3, 0.4) is 0 Å². The van der Waals surface area contributed by atoms with Crippen molar-refractivity contribution in [2.45, 2.75) is 13.5 Å². The van der Waals surface area contributed by atoms with Crippen LogP contribution in [0.15, 0.2) is 48.5 Å². The Bertz CT molecular complexity index is 685. The summed E-state index contributed by atoms with van der Waals surface area (Å²) < 4.78 is 9.99. The molecule has 0 spiro atoms. The van der Waals surface area contributed by atoms with Gasteiger partial charge in [-0.25, -0.2) is 9.59 Å². The van der Waals surface area contributed by atoms with E-state index in [1.807, 2.05) is 30.3 Å². The maximum atomic E-state index is 11.9. The number of benzene rings is 2. The molecule has 6 heteroatoms. The van der Waals surface area contributed by atoms with E-state index in [1.54, 1.807) is 6.92 Å². The van der Waals surface area contributed by atoms with Crippen molar-refractivity contribution in [1.82, 2.24) is 0 Å². The van der Waals surface area contributed by atoms with E-state index in [2.05, 4.69) is 5.32 Å². The molecule has 0 radical (unpaired) electrons. The molecule has 0 saturated heterocycles. The van der Waals surface area contributed by atoms with Crippen molar-refractivity contribution in [2.75, 3.05) is 11.9 Å². The molecule has 1 amide bonds. The van der Waals surface area contributed by atoms with Crippen molar-refractivity contribution in [3.63, 3.8) is 0 Å². The van der Waals surface area contributed by atoms with Gasteiger partial charge >= 0.3 is 12.1 Å². The Kier molecular flexibility index (Phi) is 5.57. The molecule has 6 nitrogen and oxygen atoms in total. The highest BCUT2D eigenvalue weighted by Crippen LogP contribution is 2.23. The molecule has 2 N–H and O–H groups in total. The van der Waals surface area contributed by atoms with E-state index < -0.39 is 12.1 Å². The summed E-state index contributed by atoms with van der Waals surface area (Å²) in [6, 6.07) is 13.2. The zero-order valence-corrected chi connectivity index (χ0v) is 12.6. The molecule has 0 saturated carbocycles. The minimum atomic E-state index is -0.731. The SMILES string of the molecule is CCOC(=O)c1ccc(O)cc1NC(=O)OCc1ccccc1. The van der Waals surface area contributed by atoms with Gasteiger partial charge in [-0.1, -0.05) is 30.3 Å². The number of hydrogen-bond acceptors (Lipinski definition) is 5. The van der Waals surface area contributed by atoms with E-state index in [-0.39, 0.29) is 30.2 Å². The van der Waals surface area contributed by atoms with Crippen LogP contribution in [0, 0.1) is 0 Å². The second-order valence-electron chi connectivity index (χ2n) is 4.64. The predicted octanol–water partition coefficient (Wildman–Crippen LogP) is 3.32. The van der Waals surface area contributed by atoms with E-state index >= 15 is 0 Å². The molecule has 0 aliphatic heterocycles. The third-order valence-corrected chi connectivity index (χ3v) is 2.95. The van der Waals surface area contributed by atoms with Crippen molar-refractivity contribution < 1.29 is 24.2 Å². The number of rotatable bonds is 5. The van der Waals surface area contributed by atoms with Crippen molar-refractivity contribution in [2.24, 2.45) is 0 Å². The predicted molar refractivity (Wildman–Crippen MR) is 84.3 cm³/mol. The minimum absolute atomic E-state index is 0.0867. The summed E-state index contributed by atoms with van der Waals surface area (Å²) in [5.41, 5.74) is 1.10. The molecule has 0 bridgehead atoms. The highest BCUT2D eigenvalue weighted by molar-refractivity contribution is 6.00. The number of phenols is 1. The van der Waals surface area contributed by atoms with Crippen LogP contribution in [-0.4, -0.2) is 23.8 Å². The third-order valence-electron chi connectivity index (χ3n) is 2.95. The molecule has 0 atom stereocenters. The van der Waals surface area contributed by atoms with Crippen molar-refractivity contribution in [3.8, 4) is 5.75 Å². The number of anilines is 1. The number of carbonyl (C=O) groups excluding carboxylic acids is 2. The first-order valence-corrected chi connectivity index (χ1v) is 7.08. The second kappa shape index (κ2) is 7.84. The molecule has 2 aromatic carbocycles. The van der Waals surface area contributed by atoms with Gasteiger partial charge in [0.15, 0.2) is 0 Å². The average Bonchev–Trinajstić information content (AvgIpc) is 2.54. The van der Waals surface area contributed by atoms with Gasteiger partial charge in [-0.15, -0.1) is 0 Å². The standard InChI is InChI=1S/C17H17NO5/c1-2-22-16(20)14-9-8-13(19)10-15(14)18-17(21)23-11-12-6-4-3-5-7-12/h3-10,19H,2,11H2,1H3,(H,18,21). The lowest BCUT2D eigenvalue weighted by atomic mass is 10.1. The Morgan fingerprint density at radius 1 is 1.09 bits per heavy atom. The molecule has 0 heterocycles. The molecule has 0 aromatic heterocycles. The summed E-state index contributed by atoms with van der Waals surface area (Å²) in [5, 5.41) is 12.0. The topological polar surface area (TPSA) is 84.9 Å². The third kappa shape index (κ3) is 4.74. The lowest BCUT2D eigenvalue weighted by molar-refractivity contribution is 0.0527. The Hall–Kier alpha value is -3.02. The monoisotopic (exact) mass is 315 g/mol. The lowest BCUT2D eigenvalue weighted by Gasteiger charge is -2.11. The second-order valence-corrected chi connectivity index (χ2v) is 4.64. The quantitative estimate of drug-likeness (QED) is 0.827. The number of hydrogen-bond donors (Lipinski definition) is 2. The van der Waals surface area contributed by atoms with Crippen LogP contribution >= 0.6 is 0 Å². The van der Waals surface area contributed by atoms with Gasteiger partial charge in [0.1, 0.15) is 12.4 Å². The van der Waals surface area contributed by atoms with Crippen molar-refractivity contribution in [3.05, 3.63) is 59.7 Å². The smallest absolute Gasteiger partial charge is 0.411 e.